The smallest absolute Gasteiger partial charge is 0.194 e. The standard InChI is InChI=1S/C21H27N3O/c1-2-22-21(24-14-13-19(25)16-24)23-15-20(17-9-5-3-6-10-17)18-11-7-4-8-12-18/h3-12,19-20,25H,2,13-16H2,1H3,(H,22,23)/t19-/m1/s1. The number of guanidine groups is 1. The van der Waals surface area contributed by atoms with Gasteiger partial charge in [-0.1, -0.05) is 60.7 Å². The number of aliphatic imine (C=N–C) groups is 1. The molecule has 0 spiro atoms. The van der Waals surface area contributed by atoms with E-state index in [0.717, 1.165) is 25.5 Å². The Morgan fingerprint density at radius 2 is 1.72 bits per heavy atom. The van der Waals surface area contributed by atoms with Crippen molar-refractivity contribution in [2.24, 2.45) is 4.99 Å². The van der Waals surface area contributed by atoms with Gasteiger partial charge in [-0.05, 0) is 24.5 Å². The first-order valence-electron chi connectivity index (χ1n) is 9.09. The molecule has 3 rings (SSSR count). The second-order valence-corrected chi connectivity index (χ2v) is 6.46. The van der Waals surface area contributed by atoms with Crippen LogP contribution in [0.1, 0.15) is 30.4 Å². The van der Waals surface area contributed by atoms with Crippen molar-refractivity contribution in [2.45, 2.75) is 25.4 Å². The summed E-state index contributed by atoms with van der Waals surface area (Å²) in [7, 11) is 0. The summed E-state index contributed by atoms with van der Waals surface area (Å²) in [4.78, 5) is 7.06. The third kappa shape index (κ3) is 4.60. The molecular weight excluding hydrogens is 310 g/mol. The zero-order chi connectivity index (χ0) is 17.5. The van der Waals surface area contributed by atoms with E-state index in [9.17, 15) is 5.11 Å². The summed E-state index contributed by atoms with van der Waals surface area (Å²) in [6.45, 7) is 5.10. The number of rotatable bonds is 5. The van der Waals surface area contributed by atoms with Crippen LogP contribution in [-0.4, -0.2) is 48.2 Å². The summed E-state index contributed by atoms with van der Waals surface area (Å²) in [6.07, 6.45) is 0.563. The van der Waals surface area contributed by atoms with Crippen LogP contribution >= 0.6 is 0 Å². The number of benzene rings is 2. The predicted molar refractivity (Wildman–Crippen MR) is 103 cm³/mol. The van der Waals surface area contributed by atoms with E-state index in [1.807, 2.05) is 12.1 Å². The number of hydrogen-bond donors (Lipinski definition) is 2. The summed E-state index contributed by atoms with van der Waals surface area (Å²) in [5, 5.41) is 13.2. The van der Waals surface area contributed by atoms with Crippen molar-refractivity contribution in [3.05, 3.63) is 71.8 Å². The zero-order valence-electron chi connectivity index (χ0n) is 14.8. The van der Waals surface area contributed by atoms with Gasteiger partial charge < -0.3 is 15.3 Å². The van der Waals surface area contributed by atoms with Crippen molar-refractivity contribution in [3.63, 3.8) is 0 Å². The van der Waals surface area contributed by atoms with Crippen molar-refractivity contribution >= 4 is 5.96 Å². The highest BCUT2D eigenvalue weighted by Crippen LogP contribution is 2.25. The van der Waals surface area contributed by atoms with Gasteiger partial charge in [-0.2, -0.15) is 0 Å². The van der Waals surface area contributed by atoms with Crippen LogP contribution in [0.5, 0.6) is 0 Å². The van der Waals surface area contributed by atoms with E-state index in [-0.39, 0.29) is 12.0 Å². The molecule has 0 unspecified atom stereocenters. The number of β-amino-alcohol motifs (C(OH)–C–C–N with tert-alkyl or cyclic N) is 1. The van der Waals surface area contributed by atoms with Crippen LogP contribution in [0.4, 0.5) is 0 Å². The Morgan fingerprint density at radius 3 is 2.20 bits per heavy atom. The minimum absolute atomic E-state index is 0.226. The fourth-order valence-corrected chi connectivity index (χ4v) is 3.31. The Hall–Kier alpha value is -2.33. The van der Waals surface area contributed by atoms with Gasteiger partial charge in [0.05, 0.1) is 12.6 Å². The maximum absolute atomic E-state index is 9.83. The Labute approximate surface area is 150 Å². The van der Waals surface area contributed by atoms with Gasteiger partial charge in [0.1, 0.15) is 0 Å². The summed E-state index contributed by atoms with van der Waals surface area (Å²) >= 11 is 0. The average Bonchev–Trinajstić information content (AvgIpc) is 3.09. The molecule has 2 aromatic carbocycles. The van der Waals surface area contributed by atoms with Crippen molar-refractivity contribution in [1.82, 2.24) is 10.2 Å². The van der Waals surface area contributed by atoms with Gasteiger partial charge in [-0.3, -0.25) is 4.99 Å². The number of aliphatic hydroxyl groups excluding tert-OH is 1. The molecule has 1 aliphatic heterocycles. The van der Waals surface area contributed by atoms with Crippen LogP contribution in [0.3, 0.4) is 0 Å². The lowest BCUT2D eigenvalue weighted by atomic mass is 9.91. The Kier molecular flexibility index (Phi) is 6.07. The van der Waals surface area contributed by atoms with Gasteiger partial charge in [-0.25, -0.2) is 0 Å². The van der Waals surface area contributed by atoms with Crippen molar-refractivity contribution in [3.8, 4) is 0 Å². The van der Waals surface area contributed by atoms with Gasteiger partial charge in [0.2, 0.25) is 0 Å². The summed E-state index contributed by atoms with van der Waals surface area (Å²) < 4.78 is 0. The van der Waals surface area contributed by atoms with Crippen LogP contribution in [0.2, 0.25) is 0 Å². The minimum Gasteiger partial charge on any atom is -0.391 e. The highest BCUT2D eigenvalue weighted by Gasteiger charge is 2.23. The predicted octanol–water partition coefficient (Wildman–Crippen LogP) is 2.85. The lowest BCUT2D eigenvalue weighted by Crippen LogP contribution is -2.40. The second kappa shape index (κ2) is 8.67. The topological polar surface area (TPSA) is 47.9 Å². The van der Waals surface area contributed by atoms with Gasteiger partial charge in [0, 0.05) is 25.6 Å². The van der Waals surface area contributed by atoms with E-state index >= 15 is 0 Å². The molecule has 0 amide bonds. The van der Waals surface area contributed by atoms with E-state index < -0.39 is 0 Å². The molecule has 0 saturated carbocycles. The van der Waals surface area contributed by atoms with E-state index in [0.29, 0.717) is 13.1 Å². The molecule has 25 heavy (non-hydrogen) atoms. The molecule has 1 fully saturated rings. The minimum atomic E-state index is -0.247. The number of hydrogen-bond acceptors (Lipinski definition) is 2. The Morgan fingerprint density at radius 1 is 1.12 bits per heavy atom. The van der Waals surface area contributed by atoms with Crippen molar-refractivity contribution in [1.29, 1.82) is 0 Å². The van der Waals surface area contributed by atoms with Gasteiger partial charge >= 0.3 is 0 Å². The average molecular weight is 337 g/mol. The zero-order valence-corrected chi connectivity index (χ0v) is 14.8. The monoisotopic (exact) mass is 337 g/mol. The fraction of sp³-hybridized carbons (Fsp3) is 0.381. The van der Waals surface area contributed by atoms with Crippen molar-refractivity contribution < 1.29 is 5.11 Å². The van der Waals surface area contributed by atoms with Crippen LogP contribution < -0.4 is 5.32 Å². The van der Waals surface area contributed by atoms with E-state index in [4.69, 9.17) is 4.99 Å². The molecule has 4 nitrogen and oxygen atoms in total. The molecule has 132 valence electrons. The molecule has 1 saturated heterocycles. The first-order chi connectivity index (χ1) is 12.3. The maximum atomic E-state index is 9.83. The molecular formula is C21H27N3O. The largest absolute Gasteiger partial charge is 0.391 e. The Balaban J connectivity index is 1.83. The summed E-state index contributed by atoms with van der Waals surface area (Å²) in [5.41, 5.74) is 2.55. The lowest BCUT2D eigenvalue weighted by molar-refractivity contribution is 0.188. The molecule has 0 aromatic heterocycles. The van der Waals surface area contributed by atoms with E-state index in [1.54, 1.807) is 0 Å². The fourth-order valence-electron chi connectivity index (χ4n) is 3.31. The van der Waals surface area contributed by atoms with Crippen LogP contribution in [-0.2, 0) is 0 Å². The van der Waals surface area contributed by atoms with Crippen molar-refractivity contribution in [2.75, 3.05) is 26.2 Å². The maximum Gasteiger partial charge on any atom is 0.194 e. The second-order valence-electron chi connectivity index (χ2n) is 6.46. The summed E-state index contributed by atoms with van der Waals surface area (Å²) in [5.74, 6) is 1.12. The molecule has 0 aliphatic carbocycles. The lowest BCUT2D eigenvalue weighted by Gasteiger charge is -2.23. The third-order valence-electron chi connectivity index (χ3n) is 4.63. The van der Waals surface area contributed by atoms with Crippen LogP contribution in [0.25, 0.3) is 0 Å². The SMILES string of the molecule is CCNC(=NCC(c1ccccc1)c1ccccc1)N1CC[C@@H](O)C1. The molecule has 1 aliphatic rings. The number of likely N-dealkylation sites (tertiary alicyclic amines) is 1. The Bertz CT molecular complexity index is 633. The molecule has 4 heteroatoms. The van der Waals surface area contributed by atoms with Crippen LogP contribution in [0, 0.1) is 0 Å². The molecule has 2 N–H and O–H groups in total. The highest BCUT2D eigenvalue weighted by molar-refractivity contribution is 5.80. The molecule has 2 aromatic rings. The molecule has 0 bridgehead atoms. The van der Waals surface area contributed by atoms with Gasteiger partial charge in [0.15, 0.2) is 5.96 Å². The summed E-state index contributed by atoms with van der Waals surface area (Å²) in [6, 6.07) is 21.1. The molecule has 1 atom stereocenters. The van der Waals surface area contributed by atoms with E-state index in [2.05, 4.69) is 65.7 Å². The van der Waals surface area contributed by atoms with Crippen LogP contribution in [0.15, 0.2) is 65.7 Å². The normalized spacial score (nSPS) is 18.0. The quantitative estimate of drug-likeness (QED) is 0.651. The molecule has 1 heterocycles. The molecule has 0 radical (unpaired) electrons. The highest BCUT2D eigenvalue weighted by atomic mass is 16.3. The first kappa shape index (κ1) is 17.5. The number of nitrogens with zero attached hydrogens (tertiary/aromatic N) is 2. The first-order valence-corrected chi connectivity index (χ1v) is 9.09. The number of aliphatic hydroxyl groups is 1. The van der Waals surface area contributed by atoms with Gasteiger partial charge in [-0.15, -0.1) is 0 Å². The number of nitrogens with one attached hydrogen (secondary N) is 1. The van der Waals surface area contributed by atoms with Gasteiger partial charge in [0.25, 0.3) is 0 Å². The van der Waals surface area contributed by atoms with E-state index in [1.165, 1.54) is 11.1 Å². The third-order valence-corrected chi connectivity index (χ3v) is 4.63.